The first kappa shape index (κ1) is 26.9. The molecule has 3 aliphatic carbocycles. The van der Waals surface area contributed by atoms with Crippen LogP contribution in [-0.4, -0.2) is 20.2 Å². The number of rotatable bonds is 7. The van der Waals surface area contributed by atoms with Gasteiger partial charge >= 0.3 is 5.97 Å². The topological polar surface area (TPSA) is 44.8 Å². The summed E-state index contributed by atoms with van der Waals surface area (Å²) in [7, 11) is 3.10. The minimum Gasteiger partial charge on any atom is -0.497 e. The van der Waals surface area contributed by atoms with E-state index in [1.54, 1.807) is 19.2 Å². The Bertz CT molecular complexity index is 1440. The fourth-order valence-electron chi connectivity index (χ4n) is 7.71. The van der Waals surface area contributed by atoms with Crippen LogP contribution in [0.15, 0.2) is 54.6 Å². The van der Waals surface area contributed by atoms with Crippen molar-refractivity contribution in [1.29, 1.82) is 0 Å². The van der Waals surface area contributed by atoms with Gasteiger partial charge in [0.05, 0.1) is 20.1 Å². The van der Waals surface area contributed by atoms with E-state index in [2.05, 4.69) is 32.0 Å². The molecular formula is C35H39FO4. The van der Waals surface area contributed by atoms with E-state index in [1.165, 1.54) is 36.3 Å². The summed E-state index contributed by atoms with van der Waals surface area (Å²) in [6, 6.07) is 17.6. The average Bonchev–Trinajstić information content (AvgIpc) is 3.51. The number of hydrogen-bond donors (Lipinski definition) is 0. The third-order valence-electron chi connectivity index (χ3n) is 10.1. The molecule has 3 aromatic carbocycles. The van der Waals surface area contributed by atoms with Gasteiger partial charge in [0.25, 0.3) is 0 Å². The molecule has 3 aliphatic rings. The number of halogens is 1. The largest absolute Gasteiger partial charge is 0.497 e. The van der Waals surface area contributed by atoms with E-state index in [0.717, 1.165) is 55.4 Å². The zero-order valence-corrected chi connectivity index (χ0v) is 24.0. The molecule has 2 fully saturated rings. The van der Waals surface area contributed by atoms with Crippen LogP contribution in [0.4, 0.5) is 4.39 Å². The van der Waals surface area contributed by atoms with Gasteiger partial charge < -0.3 is 14.2 Å². The highest BCUT2D eigenvalue weighted by molar-refractivity contribution is 5.77. The van der Waals surface area contributed by atoms with Gasteiger partial charge in [-0.25, -0.2) is 4.39 Å². The standard InChI is InChI=1S/C35H39FO4/c1-34(2)15-5-6-29(34)27-18-22(7-11-26(27)28-19-24(38-3)10-12-32(28)36)21-40-25-9-8-23-13-16-35(31(23)20-25)17-14-30(35)33(37)39-4/h7-12,18-20,29-30H,5-6,13-17,21H2,1-4H3. The van der Waals surface area contributed by atoms with Gasteiger partial charge in [-0.2, -0.15) is 0 Å². The number of benzene rings is 3. The summed E-state index contributed by atoms with van der Waals surface area (Å²) in [5, 5.41) is 0. The minimum absolute atomic E-state index is 0.0594. The van der Waals surface area contributed by atoms with Gasteiger partial charge in [0.15, 0.2) is 0 Å². The van der Waals surface area contributed by atoms with E-state index < -0.39 is 0 Å². The number of hydrogen-bond acceptors (Lipinski definition) is 4. The summed E-state index contributed by atoms with van der Waals surface area (Å²) >= 11 is 0. The number of fused-ring (bicyclic) bond motifs is 2. The number of carbonyl (C=O) groups excluding carboxylic acids is 1. The van der Waals surface area contributed by atoms with Crippen molar-refractivity contribution < 1.29 is 23.4 Å². The van der Waals surface area contributed by atoms with Crippen LogP contribution in [-0.2, 0) is 28.0 Å². The van der Waals surface area contributed by atoms with Crippen LogP contribution >= 0.6 is 0 Å². The molecule has 0 radical (unpaired) electrons. The summed E-state index contributed by atoms with van der Waals surface area (Å²) in [5.74, 6) is 1.41. The van der Waals surface area contributed by atoms with Crippen molar-refractivity contribution in [2.24, 2.45) is 11.3 Å². The Labute approximate surface area is 236 Å². The zero-order valence-electron chi connectivity index (χ0n) is 24.0. The predicted molar refractivity (Wildman–Crippen MR) is 154 cm³/mol. The molecule has 3 aromatic rings. The lowest BCUT2D eigenvalue weighted by atomic mass is 9.57. The van der Waals surface area contributed by atoms with Gasteiger partial charge in [0, 0.05) is 11.0 Å². The summed E-state index contributed by atoms with van der Waals surface area (Å²) in [6.07, 6.45) is 7.30. The van der Waals surface area contributed by atoms with Crippen LogP contribution in [0.3, 0.4) is 0 Å². The number of esters is 1. The summed E-state index contributed by atoms with van der Waals surface area (Å²) in [6.45, 7) is 5.07. The van der Waals surface area contributed by atoms with Crippen LogP contribution < -0.4 is 9.47 Å². The molecule has 1 spiro atoms. The first-order chi connectivity index (χ1) is 19.3. The smallest absolute Gasteiger partial charge is 0.309 e. The second kappa shape index (κ2) is 10.2. The Hall–Kier alpha value is -3.34. The van der Waals surface area contributed by atoms with Crippen molar-refractivity contribution >= 4 is 5.97 Å². The van der Waals surface area contributed by atoms with E-state index >= 15 is 4.39 Å². The van der Waals surface area contributed by atoms with Gasteiger partial charge in [-0.05, 0) is 108 Å². The lowest BCUT2D eigenvalue weighted by Crippen LogP contribution is -2.47. The monoisotopic (exact) mass is 542 g/mol. The van der Waals surface area contributed by atoms with Gasteiger partial charge in [-0.3, -0.25) is 4.79 Å². The molecule has 0 bridgehead atoms. The van der Waals surface area contributed by atoms with E-state index in [1.807, 2.05) is 18.2 Å². The highest BCUT2D eigenvalue weighted by Gasteiger charge is 2.55. The first-order valence-electron chi connectivity index (χ1n) is 14.6. The van der Waals surface area contributed by atoms with E-state index in [-0.39, 0.29) is 28.5 Å². The molecule has 0 N–H and O–H groups in total. The third-order valence-corrected chi connectivity index (χ3v) is 10.1. The second-order valence-electron chi connectivity index (χ2n) is 12.6. The third kappa shape index (κ3) is 4.48. The normalized spacial score (nSPS) is 24.4. The van der Waals surface area contributed by atoms with Crippen molar-refractivity contribution in [2.75, 3.05) is 14.2 Å². The quantitative estimate of drug-likeness (QED) is 0.283. The molecule has 6 rings (SSSR count). The highest BCUT2D eigenvalue weighted by Crippen LogP contribution is 2.57. The molecule has 5 heteroatoms. The molecule has 0 aliphatic heterocycles. The number of carbonyl (C=O) groups is 1. The molecule has 40 heavy (non-hydrogen) atoms. The molecule has 3 unspecified atom stereocenters. The molecule has 2 saturated carbocycles. The fraction of sp³-hybridized carbons (Fsp3) is 0.457. The van der Waals surface area contributed by atoms with Crippen LogP contribution in [0.25, 0.3) is 11.1 Å². The lowest BCUT2D eigenvalue weighted by Gasteiger charge is -2.46. The number of aryl methyl sites for hydroxylation is 1. The molecule has 4 nitrogen and oxygen atoms in total. The SMILES string of the molecule is COC(=O)C1CCC12CCc1ccc(OCc3ccc(-c4cc(OC)ccc4F)c(C4CCCC4(C)C)c3)cc12. The van der Waals surface area contributed by atoms with Crippen LogP contribution in [0.1, 0.15) is 80.5 Å². The Morgan fingerprint density at radius 3 is 2.45 bits per heavy atom. The first-order valence-corrected chi connectivity index (χ1v) is 14.6. The molecule has 0 heterocycles. The van der Waals surface area contributed by atoms with Crippen molar-refractivity contribution in [3.05, 3.63) is 82.7 Å². The molecule has 0 amide bonds. The maximum atomic E-state index is 15.1. The second-order valence-corrected chi connectivity index (χ2v) is 12.6. The van der Waals surface area contributed by atoms with Crippen molar-refractivity contribution in [3.63, 3.8) is 0 Å². The molecule has 0 aromatic heterocycles. The fourth-order valence-corrected chi connectivity index (χ4v) is 7.71. The Kier molecular flexibility index (Phi) is 6.88. The Balaban J connectivity index is 1.30. The lowest BCUT2D eigenvalue weighted by molar-refractivity contribution is -0.153. The average molecular weight is 543 g/mol. The molecule has 210 valence electrons. The van der Waals surface area contributed by atoms with E-state index in [4.69, 9.17) is 14.2 Å². The van der Waals surface area contributed by atoms with Crippen LogP contribution in [0, 0.1) is 17.2 Å². The predicted octanol–water partition coefficient (Wildman–Crippen LogP) is 8.14. The molecule has 0 saturated heterocycles. The van der Waals surface area contributed by atoms with Gasteiger partial charge in [-0.15, -0.1) is 0 Å². The van der Waals surface area contributed by atoms with Gasteiger partial charge in [-0.1, -0.05) is 44.5 Å². The zero-order chi connectivity index (χ0) is 28.1. The summed E-state index contributed by atoms with van der Waals surface area (Å²) < 4.78 is 32.0. The summed E-state index contributed by atoms with van der Waals surface area (Å²) in [5.41, 5.74) is 6.35. The van der Waals surface area contributed by atoms with Gasteiger partial charge in [0.1, 0.15) is 23.9 Å². The Morgan fingerprint density at radius 2 is 1.75 bits per heavy atom. The van der Waals surface area contributed by atoms with Gasteiger partial charge in [0.2, 0.25) is 0 Å². The van der Waals surface area contributed by atoms with Crippen molar-refractivity contribution in [1.82, 2.24) is 0 Å². The maximum absolute atomic E-state index is 15.1. The minimum atomic E-state index is -0.241. The molecular weight excluding hydrogens is 503 g/mol. The summed E-state index contributed by atoms with van der Waals surface area (Å²) in [4.78, 5) is 12.5. The van der Waals surface area contributed by atoms with Crippen molar-refractivity contribution in [2.45, 2.75) is 76.7 Å². The number of methoxy groups -OCH3 is 2. The maximum Gasteiger partial charge on any atom is 0.309 e. The van der Waals surface area contributed by atoms with Crippen LogP contribution in [0.2, 0.25) is 0 Å². The number of ether oxygens (including phenoxy) is 3. The molecule has 3 atom stereocenters. The highest BCUT2D eigenvalue weighted by atomic mass is 19.1. The van der Waals surface area contributed by atoms with Crippen LogP contribution in [0.5, 0.6) is 11.5 Å². The Morgan fingerprint density at radius 1 is 0.925 bits per heavy atom. The van der Waals surface area contributed by atoms with E-state index in [0.29, 0.717) is 23.8 Å². The van der Waals surface area contributed by atoms with E-state index in [9.17, 15) is 4.79 Å². The van der Waals surface area contributed by atoms with Crippen molar-refractivity contribution in [3.8, 4) is 22.6 Å².